The molecule has 0 saturated carbocycles. The molecule has 0 heterocycles. The topological polar surface area (TPSA) is 55.2 Å². The van der Waals surface area contributed by atoms with E-state index in [2.05, 4.69) is 5.32 Å². The number of nitrogens with one attached hydrogen (secondary N) is 1. The summed E-state index contributed by atoms with van der Waals surface area (Å²) in [5.41, 5.74) is 2.69. The summed E-state index contributed by atoms with van der Waals surface area (Å²) in [4.78, 5) is 10.5. The zero-order chi connectivity index (χ0) is 13.8. The van der Waals surface area contributed by atoms with Gasteiger partial charge in [-0.2, -0.15) is 0 Å². The number of rotatable bonds is 4. The van der Waals surface area contributed by atoms with Crippen LogP contribution in [0.3, 0.4) is 0 Å². The van der Waals surface area contributed by atoms with E-state index in [1.54, 1.807) is 12.1 Å². The van der Waals surface area contributed by atoms with Gasteiger partial charge in [0.2, 0.25) is 0 Å². The van der Waals surface area contributed by atoms with Gasteiger partial charge in [0.25, 0.3) is 5.69 Å². The minimum Gasteiger partial charge on any atom is -0.375 e. The molecule has 98 valence electrons. The minimum absolute atomic E-state index is 0.0137. The first-order valence-electron chi connectivity index (χ1n) is 5.79. The lowest BCUT2D eigenvalue weighted by atomic mass is 10.1. The Hall–Kier alpha value is -2.07. The number of hydrogen-bond acceptors (Lipinski definition) is 3. The number of benzene rings is 2. The Bertz CT molecular complexity index is 614. The van der Waals surface area contributed by atoms with Crippen LogP contribution < -0.4 is 5.32 Å². The molecular formula is C14H13ClN2O2. The summed E-state index contributed by atoms with van der Waals surface area (Å²) < 4.78 is 0. The van der Waals surface area contributed by atoms with E-state index in [1.165, 1.54) is 6.07 Å². The van der Waals surface area contributed by atoms with Gasteiger partial charge in [0, 0.05) is 17.6 Å². The van der Waals surface area contributed by atoms with Crippen LogP contribution in [0.15, 0.2) is 42.5 Å². The summed E-state index contributed by atoms with van der Waals surface area (Å²) in [6.07, 6.45) is 0. The van der Waals surface area contributed by atoms with E-state index < -0.39 is 4.92 Å². The Balaban J connectivity index is 2.17. The van der Waals surface area contributed by atoms with E-state index in [0.29, 0.717) is 17.3 Å². The Morgan fingerprint density at radius 2 is 2.05 bits per heavy atom. The molecule has 0 spiro atoms. The molecule has 0 bridgehead atoms. The smallest absolute Gasteiger partial charge is 0.293 e. The van der Waals surface area contributed by atoms with Crippen molar-refractivity contribution in [1.82, 2.24) is 0 Å². The molecular weight excluding hydrogens is 264 g/mol. The maximum absolute atomic E-state index is 10.9. The van der Waals surface area contributed by atoms with Crippen LogP contribution in [0, 0.1) is 17.0 Å². The van der Waals surface area contributed by atoms with Gasteiger partial charge in [-0.3, -0.25) is 10.1 Å². The second kappa shape index (κ2) is 5.71. The number of hydrogen-bond donors (Lipinski definition) is 1. The predicted molar refractivity (Wildman–Crippen MR) is 76.6 cm³/mol. The number of nitro benzene ring substituents is 1. The quantitative estimate of drug-likeness (QED) is 0.673. The van der Waals surface area contributed by atoms with E-state index in [9.17, 15) is 10.1 Å². The second-order valence-electron chi connectivity index (χ2n) is 4.26. The van der Waals surface area contributed by atoms with Crippen molar-refractivity contribution in [2.24, 2.45) is 0 Å². The van der Waals surface area contributed by atoms with Gasteiger partial charge >= 0.3 is 0 Å². The van der Waals surface area contributed by atoms with Crippen LogP contribution in [0.2, 0.25) is 5.02 Å². The van der Waals surface area contributed by atoms with Crippen molar-refractivity contribution in [3.8, 4) is 0 Å². The van der Waals surface area contributed by atoms with Gasteiger partial charge < -0.3 is 5.32 Å². The Labute approximate surface area is 116 Å². The van der Waals surface area contributed by atoms with Gasteiger partial charge in [-0.25, -0.2) is 0 Å². The van der Waals surface area contributed by atoms with E-state index in [4.69, 9.17) is 11.6 Å². The highest BCUT2D eigenvalue weighted by molar-refractivity contribution is 6.30. The third kappa shape index (κ3) is 3.45. The van der Waals surface area contributed by atoms with Crippen LogP contribution in [0.25, 0.3) is 0 Å². The largest absolute Gasteiger partial charge is 0.375 e. The Morgan fingerprint density at radius 1 is 1.26 bits per heavy atom. The van der Waals surface area contributed by atoms with Crippen LogP contribution in [-0.4, -0.2) is 4.92 Å². The molecule has 0 saturated heterocycles. The van der Waals surface area contributed by atoms with E-state index in [0.717, 1.165) is 11.1 Å². The summed E-state index contributed by atoms with van der Waals surface area (Å²) in [7, 11) is 0. The molecule has 5 heteroatoms. The minimum atomic E-state index is -0.440. The summed E-state index contributed by atoms with van der Waals surface area (Å²) in [5, 5.41) is 14.4. The van der Waals surface area contributed by atoms with Gasteiger partial charge in [0.05, 0.1) is 4.92 Å². The summed E-state index contributed by atoms with van der Waals surface area (Å²) in [6.45, 7) is 2.54. The van der Waals surface area contributed by atoms with Crippen LogP contribution >= 0.6 is 11.6 Å². The highest BCUT2D eigenvalue weighted by Gasteiger charge is 2.13. The molecule has 0 fully saturated rings. The van der Waals surface area contributed by atoms with E-state index in [-0.39, 0.29) is 5.69 Å². The van der Waals surface area contributed by atoms with Crippen LogP contribution in [-0.2, 0) is 6.54 Å². The number of nitrogens with zero attached hydrogens (tertiary/aromatic N) is 1. The van der Waals surface area contributed by atoms with Crippen molar-refractivity contribution in [3.05, 3.63) is 68.7 Å². The molecule has 2 aromatic carbocycles. The average molecular weight is 277 g/mol. The number of nitro groups is 1. The average Bonchev–Trinajstić information content (AvgIpc) is 2.37. The lowest BCUT2D eigenvalue weighted by molar-refractivity contribution is -0.383. The van der Waals surface area contributed by atoms with Gasteiger partial charge in [-0.1, -0.05) is 41.4 Å². The molecule has 2 rings (SSSR count). The number of anilines is 1. The summed E-state index contributed by atoms with van der Waals surface area (Å²) in [6, 6.07) is 12.6. The lowest BCUT2D eigenvalue weighted by Crippen LogP contribution is -2.02. The van der Waals surface area contributed by atoms with Crippen LogP contribution in [0.5, 0.6) is 0 Å². The monoisotopic (exact) mass is 276 g/mol. The van der Waals surface area contributed by atoms with Crippen molar-refractivity contribution >= 4 is 23.0 Å². The molecule has 2 aromatic rings. The third-order valence-corrected chi connectivity index (χ3v) is 2.96. The van der Waals surface area contributed by atoms with Crippen LogP contribution in [0.1, 0.15) is 11.1 Å². The molecule has 0 aromatic heterocycles. The summed E-state index contributed by atoms with van der Waals surface area (Å²) in [5.74, 6) is 0. The van der Waals surface area contributed by atoms with Gasteiger partial charge in [0.15, 0.2) is 0 Å². The molecule has 4 nitrogen and oxygen atoms in total. The maximum Gasteiger partial charge on any atom is 0.293 e. The SMILES string of the molecule is Cc1cccc(CNc2ccc(Cl)cc2[N+](=O)[O-])c1. The van der Waals surface area contributed by atoms with Gasteiger partial charge in [0.1, 0.15) is 5.69 Å². The Morgan fingerprint density at radius 3 is 2.74 bits per heavy atom. The van der Waals surface area contributed by atoms with Gasteiger partial charge in [-0.05, 0) is 24.6 Å². The van der Waals surface area contributed by atoms with Crippen molar-refractivity contribution < 1.29 is 4.92 Å². The van der Waals surface area contributed by atoms with Crippen molar-refractivity contribution in [3.63, 3.8) is 0 Å². The number of aryl methyl sites for hydroxylation is 1. The lowest BCUT2D eigenvalue weighted by Gasteiger charge is -2.08. The highest BCUT2D eigenvalue weighted by Crippen LogP contribution is 2.28. The Kier molecular flexibility index (Phi) is 4.02. The van der Waals surface area contributed by atoms with Crippen LogP contribution in [0.4, 0.5) is 11.4 Å². The normalized spacial score (nSPS) is 10.2. The standard InChI is InChI=1S/C14H13ClN2O2/c1-10-3-2-4-11(7-10)9-16-13-6-5-12(15)8-14(13)17(18)19/h2-8,16H,9H2,1H3. The number of halogens is 1. The molecule has 0 aliphatic carbocycles. The maximum atomic E-state index is 10.9. The molecule has 19 heavy (non-hydrogen) atoms. The van der Waals surface area contributed by atoms with Crippen molar-refractivity contribution in [2.45, 2.75) is 13.5 Å². The first kappa shape index (κ1) is 13.4. The molecule has 0 amide bonds. The molecule has 0 radical (unpaired) electrons. The zero-order valence-electron chi connectivity index (χ0n) is 10.4. The first-order valence-corrected chi connectivity index (χ1v) is 6.17. The predicted octanol–water partition coefficient (Wildman–Crippen LogP) is 4.17. The fourth-order valence-corrected chi connectivity index (χ4v) is 1.99. The van der Waals surface area contributed by atoms with Crippen molar-refractivity contribution in [2.75, 3.05) is 5.32 Å². The summed E-state index contributed by atoms with van der Waals surface area (Å²) >= 11 is 5.77. The van der Waals surface area contributed by atoms with E-state index >= 15 is 0 Å². The van der Waals surface area contributed by atoms with E-state index in [1.807, 2.05) is 31.2 Å². The third-order valence-electron chi connectivity index (χ3n) is 2.72. The van der Waals surface area contributed by atoms with Gasteiger partial charge in [-0.15, -0.1) is 0 Å². The molecule has 0 unspecified atom stereocenters. The second-order valence-corrected chi connectivity index (χ2v) is 4.70. The zero-order valence-corrected chi connectivity index (χ0v) is 11.1. The molecule has 0 aliphatic rings. The fourth-order valence-electron chi connectivity index (χ4n) is 1.82. The first-order chi connectivity index (χ1) is 9.06. The van der Waals surface area contributed by atoms with Crippen molar-refractivity contribution in [1.29, 1.82) is 0 Å². The highest BCUT2D eigenvalue weighted by atomic mass is 35.5. The molecule has 0 aliphatic heterocycles. The molecule has 0 atom stereocenters. The molecule has 1 N–H and O–H groups in total. The fraction of sp³-hybridized carbons (Fsp3) is 0.143.